The van der Waals surface area contributed by atoms with E-state index in [9.17, 15) is 9.18 Å². The van der Waals surface area contributed by atoms with Gasteiger partial charge in [0.05, 0.1) is 10.6 Å². The molecule has 2 heterocycles. The summed E-state index contributed by atoms with van der Waals surface area (Å²) in [5.41, 5.74) is 0.215. The first-order valence-corrected chi connectivity index (χ1v) is 7.02. The predicted molar refractivity (Wildman–Crippen MR) is 79.1 cm³/mol. The van der Waals surface area contributed by atoms with E-state index < -0.39 is 5.82 Å². The molecule has 20 heavy (non-hydrogen) atoms. The van der Waals surface area contributed by atoms with Gasteiger partial charge in [-0.3, -0.25) is 4.79 Å². The molecular formula is C14H17Cl2FN2O. The summed E-state index contributed by atoms with van der Waals surface area (Å²) >= 11 is 5.83. The van der Waals surface area contributed by atoms with Gasteiger partial charge in [-0.1, -0.05) is 17.7 Å². The highest BCUT2D eigenvalue weighted by atomic mass is 35.5. The van der Waals surface area contributed by atoms with Gasteiger partial charge in [0.2, 0.25) is 0 Å². The van der Waals surface area contributed by atoms with Gasteiger partial charge in [-0.2, -0.15) is 0 Å². The van der Waals surface area contributed by atoms with Gasteiger partial charge in [0.15, 0.2) is 0 Å². The van der Waals surface area contributed by atoms with Crippen molar-refractivity contribution in [1.29, 1.82) is 0 Å². The van der Waals surface area contributed by atoms with E-state index in [0.29, 0.717) is 12.1 Å². The lowest BCUT2D eigenvalue weighted by Crippen LogP contribution is -2.48. The number of amides is 1. The molecule has 1 amide bonds. The Balaban J connectivity index is 0.00000147. The number of halogens is 3. The molecule has 0 radical (unpaired) electrons. The Morgan fingerprint density at radius 1 is 1.30 bits per heavy atom. The van der Waals surface area contributed by atoms with Crippen LogP contribution in [0.25, 0.3) is 0 Å². The number of hydrogen-bond donors (Lipinski definition) is 2. The molecule has 1 aromatic carbocycles. The van der Waals surface area contributed by atoms with Crippen LogP contribution < -0.4 is 10.6 Å². The van der Waals surface area contributed by atoms with Crippen LogP contribution in [-0.4, -0.2) is 24.0 Å². The fourth-order valence-electron chi connectivity index (χ4n) is 3.12. The predicted octanol–water partition coefficient (Wildman–Crippen LogP) is 2.91. The standard InChI is InChI=1S/C14H16ClFN2O.ClH/c15-13-11(2-1-3-12(13)16)14(19)18-10-6-8-4-5-9(7-10)17-8;/h1-3,8-10,17H,4-7H2,(H,18,19);1H. The lowest BCUT2D eigenvalue weighted by Gasteiger charge is -2.29. The van der Waals surface area contributed by atoms with Gasteiger partial charge in [-0.25, -0.2) is 4.39 Å². The largest absolute Gasteiger partial charge is 0.349 e. The Labute approximate surface area is 128 Å². The first-order chi connectivity index (χ1) is 9.13. The highest BCUT2D eigenvalue weighted by Crippen LogP contribution is 2.27. The zero-order chi connectivity index (χ0) is 13.4. The van der Waals surface area contributed by atoms with Crippen molar-refractivity contribution in [2.75, 3.05) is 0 Å². The zero-order valence-electron chi connectivity index (χ0n) is 10.9. The Kier molecular flexibility index (Phi) is 4.89. The van der Waals surface area contributed by atoms with Crippen molar-refractivity contribution in [1.82, 2.24) is 10.6 Å². The highest BCUT2D eigenvalue weighted by Gasteiger charge is 2.34. The molecule has 2 saturated heterocycles. The molecule has 0 aliphatic carbocycles. The number of nitrogens with one attached hydrogen (secondary N) is 2. The van der Waals surface area contributed by atoms with Crippen LogP contribution in [0, 0.1) is 5.82 Å². The third-order valence-corrected chi connectivity index (χ3v) is 4.39. The van der Waals surface area contributed by atoms with Gasteiger partial charge >= 0.3 is 0 Å². The van der Waals surface area contributed by atoms with E-state index in [1.807, 2.05) is 0 Å². The first kappa shape index (κ1) is 15.5. The smallest absolute Gasteiger partial charge is 0.253 e. The van der Waals surface area contributed by atoms with Crippen molar-refractivity contribution in [2.24, 2.45) is 0 Å². The maximum atomic E-state index is 13.3. The molecule has 0 aromatic heterocycles. The van der Waals surface area contributed by atoms with Gasteiger partial charge in [0.25, 0.3) is 5.91 Å². The second-order valence-corrected chi connectivity index (χ2v) is 5.76. The minimum absolute atomic E-state index is 0. The van der Waals surface area contributed by atoms with Crippen molar-refractivity contribution in [3.05, 3.63) is 34.6 Å². The average molecular weight is 319 g/mol. The number of piperidine rings is 1. The molecule has 2 bridgehead atoms. The molecule has 2 atom stereocenters. The summed E-state index contributed by atoms with van der Waals surface area (Å²) in [4.78, 5) is 12.1. The molecule has 3 rings (SSSR count). The Morgan fingerprint density at radius 2 is 1.95 bits per heavy atom. The van der Waals surface area contributed by atoms with Crippen LogP contribution in [0.5, 0.6) is 0 Å². The molecule has 6 heteroatoms. The molecule has 2 aliphatic rings. The van der Waals surface area contributed by atoms with E-state index in [2.05, 4.69) is 10.6 Å². The number of fused-ring (bicyclic) bond motifs is 2. The molecule has 1 aromatic rings. The molecule has 0 saturated carbocycles. The van der Waals surface area contributed by atoms with Crippen molar-refractivity contribution >= 4 is 29.9 Å². The topological polar surface area (TPSA) is 41.1 Å². The Hall–Kier alpha value is -0.840. The fourth-order valence-corrected chi connectivity index (χ4v) is 3.33. The average Bonchev–Trinajstić information content (AvgIpc) is 2.72. The Morgan fingerprint density at radius 3 is 2.60 bits per heavy atom. The van der Waals surface area contributed by atoms with Crippen LogP contribution in [0.15, 0.2) is 18.2 Å². The van der Waals surface area contributed by atoms with Gasteiger partial charge in [-0.15, -0.1) is 12.4 Å². The quantitative estimate of drug-likeness (QED) is 0.880. The zero-order valence-corrected chi connectivity index (χ0v) is 12.4. The van der Waals surface area contributed by atoms with E-state index >= 15 is 0 Å². The molecule has 110 valence electrons. The van der Waals surface area contributed by atoms with Gasteiger partial charge in [0.1, 0.15) is 5.82 Å². The van der Waals surface area contributed by atoms with Gasteiger partial charge in [-0.05, 0) is 37.8 Å². The summed E-state index contributed by atoms with van der Waals surface area (Å²) in [7, 11) is 0. The first-order valence-electron chi connectivity index (χ1n) is 6.64. The summed E-state index contributed by atoms with van der Waals surface area (Å²) < 4.78 is 13.3. The van der Waals surface area contributed by atoms with Crippen LogP contribution in [-0.2, 0) is 0 Å². The second-order valence-electron chi connectivity index (χ2n) is 5.38. The van der Waals surface area contributed by atoms with E-state index in [4.69, 9.17) is 11.6 Å². The number of benzene rings is 1. The number of hydrogen-bond acceptors (Lipinski definition) is 2. The summed E-state index contributed by atoms with van der Waals surface area (Å²) in [5, 5.41) is 6.39. The molecule has 2 unspecified atom stereocenters. The maximum Gasteiger partial charge on any atom is 0.253 e. The fraction of sp³-hybridized carbons (Fsp3) is 0.500. The minimum atomic E-state index is -0.556. The number of carbonyl (C=O) groups excluding carboxylic acids is 1. The molecule has 3 nitrogen and oxygen atoms in total. The lowest BCUT2D eigenvalue weighted by atomic mass is 9.99. The van der Waals surface area contributed by atoms with Crippen LogP contribution in [0.4, 0.5) is 4.39 Å². The number of carbonyl (C=O) groups is 1. The molecule has 2 N–H and O–H groups in total. The molecule has 2 fully saturated rings. The van der Waals surface area contributed by atoms with Crippen molar-refractivity contribution in [3.8, 4) is 0 Å². The monoisotopic (exact) mass is 318 g/mol. The highest BCUT2D eigenvalue weighted by molar-refractivity contribution is 6.34. The normalized spacial score (nSPS) is 27.8. The summed E-state index contributed by atoms with van der Waals surface area (Å²) in [5.74, 6) is -0.838. The summed E-state index contributed by atoms with van der Waals surface area (Å²) in [6.07, 6.45) is 4.24. The summed E-state index contributed by atoms with van der Waals surface area (Å²) in [6.45, 7) is 0. The SMILES string of the molecule is Cl.O=C(NC1CC2CCC(C1)N2)c1cccc(F)c1Cl. The van der Waals surface area contributed by atoms with Crippen molar-refractivity contribution in [3.63, 3.8) is 0 Å². The van der Waals surface area contributed by atoms with Crippen LogP contribution in [0.3, 0.4) is 0 Å². The molecule has 2 aliphatic heterocycles. The van der Waals surface area contributed by atoms with Crippen LogP contribution >= 0.6 is 24.0 Å². The van der Waals surface area contributed by atoms with Crippen molar-refractivity contribution in [2.45, 2.75) is 43.8 Å². The minimum Gasteiger partial charge on any atom is -0.349 e. The maximum absolute atomic E-state index is 13.3. The molecular weight excluding hydrogens is 302 g/mol. The van der Waals surface area contributed by atoms with Crippen LogP contribution in [0.2, 0.25) is 5.02 Å². The van der Waals surface area contributed by atoms with Gasteiger partial charge < -0.3 is 10.6 Å². The van der Waals surface area contributed by atoms with E-state index in [-0.39, 0.29) is 34.9 Å². The third-order valence-electron chi connectivity index (χ3n) is 4.00. The van der Waals surface area contributed by atoms with E-state index in [1.54, 1.807) is 6.07 Å². The van der Waals surface area contributed by atoms with Crippen molar-refractivity contribution < 1.29 is 9.18 Å². The second kappa shape index (κ2) is 6.29. The van der Waals surface area contributed by atoms with Gasteiger partial charge in [0, 0.05) is 18.1 Å². The van der Waals surface area contributed by atoms with E-state index in [1.165, 1.54) is 25.0 Å². The van der Waals surface area contributed by atoms with E-state index in [0.717, 1.165) is 12.8 Å². The molecule has 0 spiro atoms. The summed E-state index contributed by atoms with van der Waals surface area (Å²) in [6, 6.07) is 5.48. The Bertz CT molecular complexity index is 500. The van der Waals surface area contributed by atoms with Crippen LogP contribution in [0.1, 0.15) is 36.0 Å². The lowest BCUT2D eigenvalue weighted by molar-refractivity contribution is 0.0923. The third kappa shape index (κ3) is 3.08. The number of rotatable bonds is 2.